The van der Waals surface area contributed by atoms with Crippen molar-refractivity contribution in [3.63, 3.8) is 0 Å². The predicted molar refractivity (Wildman–Crippen MR) is 98.0 cm³/mol. The van der Waals surface area contributed by atoms with Gasteiger partial charge in [-0.05, 0) is 29.9 Å². The standard InChI is InChI=1S/C19H15N3O4/c23-21(24)18-10-9-16(19(13-18)22(25)26)12-17-8-4-5-11-20(17)14-15-6-2-1-3-7-15/h1-13H,14H2/b17-12-. The van der Waals surface area contributed by atoms with Crippen LogP contribution in [0.2, 0.25) is 0 Å². The summed E-state index contributed by atoms with van der Waals surface area (Å²) in [5.74, 6) is 0. The Bertz CT molecular complexity index is 933. The molecule has 0 bridgehead atoms. The summed E-state index contributed by atoms with van der Waals surface area (Å²) in [5, 5.41) is 22.2. The van der Waals surface area contributed by atoms with Crippen molar-refractivity contribution in [2.75, 3.05) is 0 Å². The maximum atomic E-state index is 11.3. The van der Waals surface area contributed by atoms with E-state index in [1.807, 2.05) is 59.7 Å². The number of nitrogens with zero attached hydrogens (tertiary/aromatic N) is 3. The van der Waals surface area contributed by atoms with Crippen LogP contribution >= 0.6 is 0 Å². The van der Waals surface area contributed by atoms with Crippen molar-refractivity contribution in [2.45, 2.75) is 6.54 Å². The molecule has 3 rings (SSSR count). The van der Waals surface area contributed by atoms with Crippen LogP contribution in [-0.2, 0) is 6.54 Å². The van der Waals surface area contributed by atoms with Crippen molar-refractivity contribution < 1.29 is 9.85 Å². The van der Waals surface area contributed by atoms with E-state index in [1.54, 1.807) is 6.08 Å². The second kappa shape index (κ2) is 7.43. The van der Waals surface area contributed by atoms with E-state index >= 15 is 0 Å². The topological polar surface area (TPSA) is 89.5 Å². The molecule has 2 aromatic rings. The fourth-order valence-electron chi connectivity index (χ4n) is 2.63. The summed E-state index contributed by atoms with van der Waals surface area (Å²) in [6, 6.07) is 13.5. The lowest BCUT2D eigenvalue weighted by Gasteiger charge is -2.24. The van der Waals surface area contributed by atoms with E-state index in [2.05, 4.69) is 0 Å². The summed E-state index contributed by atoms with van der Waals surface area (Å²) < 4.78 is 0. The van der Waals surface area contributed by atoms with E-state index in [4.69, 9.17) is 0 Å². The quantitative estimate of drug-likeness (QED) is 0.588. The van der Waals surface area contributed by atoms with Gasteiger partial charge in [-0.25, -0.2) is 0 Å². The van der Waals surface area contributed by atoms with Crippen LogP contribution in [0.15, 0.2) is 78.7 Å². The third-order valence-corrected chi connectivity index (χ3v) is 3.90. The highest BCUT2D eigenvalue weighted by Gasteiger charge is 2.19. The zero-order valence-electron chi connectivity index (χ0n) is 13.7. The van der Waals surface area contributed by atoms with Gasteiger partial charge < -0.3 is 4.90 Å². The summed E-state index contributed by atoms with van der Waals surface area (Å²) in [5.41, 5.74) is 1.56. The van der Waals surface area contributed by atoms with Crippen LogP contribution < -0.4 is 0 Å². The predicted octanol–water partition coefficient (Wildman–Crippen LogP) is 4.43. The number of rotatable bonds is 5. The molecule has 26 heavy (non-hydrogen) atoms. The van der Waals surface area contributed by atoms with E-state index in [0.29, 0.717) is 12.1 Å². The fraction of sp³-hybridized carbons (Fsp3) is 0.0526. The van der Waals surface area contributed by atoms with E-state index in [1.165, 1.54) is 12.1 Å². The third kappa shape index (κ3) is 3.84. The van der Waals surface area contributed by atoms with Gasteiger partial charge in [-0.2, -0.15) is 0 Å². The maximum absolute atomic E-state index is 11.3. The zero-order valence-corrected chi connectivity index (χ0v) is 13.7. The van der Waals surface area contributed by atoms with E-state index in [0.717, 1.165) is 17.3 Å². The number of allylic oxidation sites excluding steroid dienone is 3. The minimum absolute atomic E-state index is 0.297. The Morgan fingerprint density at radius 2 is 1.73 bits per heavy atom. The number of hydrogen-bond acceptors (Lipinski definition) is 5. The average Bonchev–Trinajstić information content (AvgIpc) is 2.64. The first kappa shape index (κ1) is 17.1. The van der Waals surface area contributed by atoms with Gasteiger partial charge in [0.15, 0.2) is 0 Å². The molecular weight excluding hydrogens is 334 g/mol. The number of benzene rings is 2. The van der Waals surface area contributed by atoms with Gasteiger partial charge in [-0.15, -0.1) is 0 Å². The van der Waals surface area contributed by atoms with Crippen LogP contribution in [0.4, 0.5) is 11.4 Å². The van der Waals surface area contributed by atoms with Crippen molar-refractivity contribution in [1.29, 1.82) is 0 Å². The lowest BCUT2D eigenvalue weighted by Crippen LogP contribution is -2.16. The number of non-ortho nitro benzene ring substituents is 1. The number of nitro benzene ring substituents is 2. The summed E-state index contributed by atoms with van der Waals surface area (Å²) in [6.07, 6.45) is 9.10. The summed E-state index contributed by atoms with van der Waals surface area (Å²) in [7, 11) is 0. The van der Waals surface area contributed by atoms with E-state index in [9.17, 15) is 20.2 Å². The second-order valence-electron chi connectivity index (χ2n) is 5.64. The Balaban J connectivity index is 1.96. The molecule has 0 unspecified atom stereocenters. The molecule has 1 aliphatic rings. The highest BCUT2D eigenvalue weighted by molar-refractivity contribution is 5.67. The van der Waals surface area contributed by atoms with Crippen LogP contribution in [0.25, 0.3) is 6.08 Å². The van der Waals surface area contributed by atoms with Gasteiger partial charge in [0.25, 0.3) is 11.4 Å². The van der Waals surface area contributed by atoms with Gasteiger partial charge in [-0.3, -0.25) is 20.2 Å². The lowest BCUT2D eigenvalue weighted by atomic mass is 10.1. The van der Waals surface area contributed by atoms with Gasteiger partial charge in [0, 0.05) is 24.5 Å². The van der Waals surface area contributed by atoms with Gasteiger partial charge in [0.2, 0.25) is 0 Å². The average molecular weight is 349 g/mol. The first-order chi connectivity index (χ1) is 12.5. The van der Waals surface area contributed by atoms with Gasteiger partial charge >= 0.3 is 0 Å². The van der Waals surface area contributed by atoms with Crippen molar-refractivity contribution in [1.82, 2.24) is 4.90 Å². The molecule has 0 aliphatic carbocycles. The molecule has 7 heteroatoms. The van der Waals surface area contributed by atoms with Crippen LogP contribution in [0.3, 0.4) is 0 Å². The third-order valence-electron chi connectivity index (χ3n) is 3.90. The minimum atomic E-state index is -0.644. The molecule has 7 nitrogen and oxygen atoms in total. The SMILES string of the molecule is O=[N+]([O-])c1ccc(/C=C2/C=CC=CN2Cc2ccccc2)c([N+](=O)[O-])c1. The van der Waals surface area contributed by atoms with Crippen LogP contribution in [-0.4, -0.2) is 14.7 Å². The molecule has 0 aromatic heterocycles. The largest absolute Gasteiger partial charge is 0.344 e. The molecular formula is C19H15N3O4. The Morgan fingerprint density at radius 3 is 2.42 bits per heavy atom. The first-order valence-corrected chi connectivity index (χ1v) is 7.84. The van der Waals surface area contributed by atoms with Crippen molar-refractivity contribution in [2.24, 2.45) is 0 Å². The molecule has 0 N–H and O–H groups in total. The Morgan fingerprint density at radius 1 is 0.962 bits per heavy atom. The highest BCUT2D eigenvalue weighted by atomic mass is 16.6. The Kier molecular flexibility index (Phi) is 4.89. The molecule has 0 saturated carbocycles. The minimum Gasteiger partial charge on any atom is -0.344 e. The van der Waals surface area contributed by atoms with Crippen molar-refractivity contribution >= 4 is 17.5 Å². The molecule has 0 fully saturated rings. The maximum Gasteiger partial charge on any atom is 0.283 e. The van der Waals surface area contributed by atoms with Crippen LogP contribution in [0.1, 0.15) is 11.1 Å². The zero-order chi connectivity index (χ0) is 18.5. The molecule has 1 aliphatic heterocycles. The van der Waals surface area contributed by atoms with Crippen molar-refractivity contribution in [3.8, 4) is 0 Å². The monoisotopic (exact) mass is 349 g/mol. The van der Waals surface area contributed by atoms with E-state index in [-0.39, 0.29) is 11.4 Å². The highest BCUT2D eigenvalue weighted by Crippen LogP contribution is 2.28. The molecule has 2 aromatic carbocycles. The van der Waals surface area contributed by atoms with Crippen LogP contribution in [0, 0.1) is 20.2 Å². The Hall–Kier alpha value is -3.74. The molecule has 0 spiro atoms. The Labute approximate surface area is 149 Å². The number of nitro groups is 2. The number of hydrogen-bond donors (Lipinski definition) is 0. The van der Waals surface area contributed by atoms with Crippen molar-refractivity contribution in [3.05, 3.63) is 110 Å². The smallest absolute Gasteiger partial charge is 0.283 e. The summed E-state index contributed by atoms with van der Waals surface area (Å²) in [6.45, 7) is 0.605. The molecule has 1 heterocycles. The van der Waals surface area contributed by atoms with Gasteiger partial charge in [-0.1, -0.05) is 36.4 Å². The molecule has 0 saturated heterocycles. The van der Waals surface area contributed by atoms with Gasteiger partial charge in [0.05, 0.1) is 21.5 Å². The molecule has 130 valence electrons. The lowest BCUT2D eigenvalue weighted by molar-refractivity contribution is -0.394. The molecule has 0 atom stereocenters. The summed E-state index contributed by atoms with van der Waals surface area (Å²) >= 11 is 0. The molecule has 0 radical (unpaired) electrons. The normalized spacial score (nSPS) is 14.6. The van der Waals surface area contributed by atoms with Crippen LogP contribution in [0.5, 0.6) is 0 Å². The van der Waals surface area contributed by atoms with E-state index < -0.39 is 9.85 Å². The second-order valence-corrected chi connectivity index (χ2v) is 5.64. The fourth-order valence-corrected chi connectivity index (χ4v) is 2.63. The molecule has 0 amide bonds. The first-order valence-electron chi connectivity index (χ1n) is 7.84. The van der Waals surface area contributed by atoms with Gasteiger partial charge in [0.1, 0.15) is 0 Å². The summed E-state index contributed by atoms with van der Waals surface area (Å²) in [4.78, 5) is 22.9.